The van der Waals surface area contributed by atoms with E-state index in [1.807, 2.05) is 30.3 Å². The summed E-state index contributed by atoms with van der Waals surface area (Å²) in [5.74, 6) is 3.25. The van der Waals surface area contributed by atoms with Crippen LogP contribution in [-0.2, 0) is 16.2 Å². The van der Waals surface area contributed by atoms with Gasteiger partial charge in [-0.1, -0.05) is 41.3 Å². The number of piperazine rings is 2. The Morgan fingerprint density at radius 1 is 0.864 bits per heavy atom. The Balaban J connectivity index is 0.948. The number of rotatable bonds is 8. The van der Waals surface area contributed by atoms with Crippen molar-refractivity contribution >= 4 is 23.7 Å². The molecule has 4 heterocycles. The first-order valence-corrected chi connectivity index (χ1v) is 15.5. The average molecular weight is 601 g/mol. The third-order valence-corrected chi connectivity index (χ3v) is 9.07. The number of hydrogen-bond acceptors (Lipinski definition) is 8. The van der Waals surface area contributed by atoms with Gasteiger partial charge in [0, 0.05) is 64.6 Å². The molecule has 232 valence electrons. The Kier molecular flexibility index (Phi) is 9.19. The monoisotopic (exact) mass is 600 g/mol. The van der Waals surface area contributed by atoms with Crippen molar-refractivity contribution in [3.8, 4) is 18.1 Å². The molecule has 4 fully saturated rings. The summed E-state index contributed by atoms with van der Waals surface area (Å²) in [6, 6.07) is 17.0. The van der Waals surface area contributed by atoms with Gasteiger partial charge in [0.25, 0.3) is 5.91 Å². The highest BCUT2D eigenvalue weighted by Crippen LogP contribution is 2.27. The van der Waals surface area contributed by atoms with E-state index in [2.05, 4.69) is 44.9 Å². The number of piperidine rings is 1. The van der Waals surface area contributed by atoms with E-state index in [-0.39, 0.29) is 6.61 Å². The molecule has 0 radical (unpaired) electrons. The van der Waals surface area contributed by atoms with E-state index in [1.165, 1.54) is 10.5 Å². The van der Waals surface area contributed by atoms with Crippen LogP contribution in [-0.4, -0.2) is 121 Å². The number of imide groups is 1. The van der Waals surface area contributed by atoms with Crippen molar-refractivity contribution in [2.24, 2.45) is 5.92 Å². The normalized spacial score (nSPS) is 21.8. The van der Waals surface area contributed by atoms with E-state index in [0.29, 0.717) is 62.5 Å². The fraction of sp³-hybridized carbons (Fsp3) is 0.485. The number of terminal acetylenes is 1. The number of nitrogens with zero attached hydrogens (tertiary/aromatic N) is 6. The van der Waals surface area contributed by atoms with Gasteiger partial charge in [-0.25, -0.2) is 9.59 Å². The van der Waals surface area contributed by atoms with Gasteiger partial charge >= 0.3 is 12.1 Å². The maximum absolute atomic E-state index is 13.3. The van der Waals surface area contributed by atoms with E-state index in [4.69, 9.17) is 16.0 Å². The van der Waals surface area contributed by atoms with Crippen molar-refractivity contribution in [2.75, 3.05) is 77.0 Å². The van der Waals surface area contributed by atoms with Gasteiger partial charge in [0.1, 0.15) is 18.4 Å². The van der Waals surface area contributed by atoms with Crippen LogP contribution >= 0.6 is 0 Å². The van der Waals surface area contributed by atoms with Gasteiger partial charge in [0.05, 0.1) is 0 Å². The summed E-state index contributed by atoms with van der Waals surface area (Å²) in [5.41, 5.74) is 2.35. The molecule has 11 nitrogen and oxygen atoms in total. The van der Waals surface area contributed by atoms with Crippen LogP contribution in [0.3, 0.4) is 0 Å². The minimum absolute atomic E-state index is 0.217. The number of carbonyl (C=O) groups is 3. The number of fused-ring (bicyclic) bond motifs is 1. The molecule has 0 spiro atoms. The Bertz CT molecular complexity index is 1350. The predicted octanol–water partition coefficient (Wildman–Crippen LogP) is 2.73. The average Bonchev–Trinajstić information content (AvgIpc) is 3.29. The number of hydrogen-bond donors (Lipinski definition) is 0. The molecule has 6 rings (SSSR count). The van der Waals surface area contributed by atoms with Crippen LogP contribution in [0, 0.1) is 18.3 Å². The SMILES string of the molecule is C#CCOc1ccc(N2CCN(C(=O)ON3C(=O)C4CN(CC5CCN(Cc6ccccc6)CC5)CCN4C3=O)CC2)cc1. The lowest BCUT2D eigenvalue weighted by Gasteiger charge is -2.39. The second-order valence-electron chi connectivity index (χ2n) is 11.9. The molecular formula is C33H40N6O5. The highest BCUT2D eigenvalue weighted by atomic mass is 16.7. The highest BCUT2D eigenvalue weighted by molar-refractivity contribution is 6.04. The number of anilines is 1. The maximum Gasteiger partial charge on any atom is 0.434 e. The number of likely N-dealkylation sites (tertiary alicyclic amines) is 1. The first kappa shape index (κ1) is 29.8. The summed E-state index contributed by atoms with van der Waals surface area (Å²) >= 11 is 0. The van der Waals surface area contributed by atoms with Gasteiger partial charge in [-0.15, -0.1) is 6.42 Å². The van der Waals surface area contributed by atoms with Gasteiger partial charge in [-0.05, 0) is 61.7 Å². The summed E-state index contributed by atoms with van der Waals surface area (Å²) < 4.78 is 5.43. The number of ether oxygens (including phenoxy) is 1. The lowest BCUT2D eigenvalue weighted by atomic mass is 9.95. The molecule has 0 aromatic heterocycles. The van der Waals surface area contributed by atoms with E-state index in [1.54, 1.807) is 4.90 Å². The summed E-state index contributed by atoms with van der Waals surface area (Å²) in [5, 5.41) is 0.680. The fourth-order valence-electron chi connectivity index (χ4n) is 6.57. The fourth-order valence-corrected chi connectivity index (χ4v) is 6.57. The number of urea groups is 1. The minimum Gasteiger partial charge on any atom is -0.481 e. The summed E-state index contributed by atoms with van der Waals surface area (Å²) in [4.78, 5) is 54.8. The molecule has 11 heteroatoms. The molecule has 2 aromatic carbocycles. The Morgan fingerprint density at radius 2 is 1.59 bits per heavy atom. The minimum atomic E-state index is -0.677. The maximum atomic E-state index is 13.3. The largest absolute Gasteiger partial charge is 0.481 e. The molecule has 44 heavy (non-hydrogen) atoms. The lowest BCUT2D eigenvalue weighted by Crippen LogP contribution is -2.54. The smallest absolute Gasteiger partial charge is 0.434 e. The van der Waals surface area contributed by atoms with Gasteiger partial charge in [-0.2, -0.15) is 0 Å². The van der Waals surface area contributed by atoms with E-state index < -0.39 is 24.1 Å². The number of hydroxylamine groups is 2. The predicted molar refractivity (Wildman–Crippen MR) is 165 cm³/mol. The standard InChI is InChI=1S/C33H40N6O5/c1-2-22-43-29-10-8-28(9-11-29)36-17-19-37(20-18-36)33(42)44-39-31(40)30-25-35(16-21-38(30)32(39)41)24-27-12-14-34(15-13-27)23-26-6-4-3-5-7-26/h1,3-11,27,30H,12-25H2. The van der Waals surface area contributed by atoms with Crippen LogP contribution in [0.15, 0.2) is 54.6 Å². The molecule has 0 bridgehead atoms. The first-order valence-electron chi connectivity index (χ1n) is 15.5. The molecule has 0 aliphatic carbocycles. The second-order valence-corrected chi connectivity index (χ2v) is 11.9. The number of carbonyl (C=O) groups excluding carboxylic acids is 3. The molecule has 4 saturated heterocycles. The van der Waals surface area contributed by atoms with Gasteiger partial charge in [0.15, 0.2) is 0 Å². The zero-order valence-electron chi connectivity index (χ0n) is 25.1. The van der Waals surface area contributed by atoms with E-state index in [9.17, 15) is 14.4 Å². The Morgan fingerprint density at radius 3 is 2.30 bits per heavy atom. The van der Waals surface area contributed by atoms with E-state index in [0.717, 1.165) is 44.7 Å². The third-order valence-electron chi connectivity index (χ3n) is 9.07. The Labute approximate surface area is 258 Å². The zero-order chi connectivity index (χ0) is 30.5. The first-order chi connectivity index (χ1) is 21.5. The second kappa shape index (κ2) is 13.6. The van der Waals surface area contributed by atoms with Crippen LogP contribution in [0.25, 0.3) is 0 Å². The third kappa shape index (κ3) is 6.77. The molecule has 4 amide bonds. The summed E-state index contributed by atoms with van der Waals surface area (Å²) in [7, 11) is 0. The Hall–Kier alpha value is -4.27. The quantitative estimate of drug-likeness (QED) is 0.338. The van der Waals surface area contributed by atoms with Crippen molar-refractivity contribution in [1.82, 2.24) is 24.7 Å². The molecule has 0 N–H and O–H groups in total. The van der Waals surface area contributed by atoms with Gasteiger partial charge < -0.3 is 24.3 Å². The van der Waals surface area contributed by atoms with Crippen molar-refractivity contribution in [2.45, 2.75) is 25.4 Å². The highest BCUT2D eigenvalue weighted by Gasteiger charge is 2.50. The summed E-state index contributed by atoms with van der Waals surface area (Å²) in [6.07, 6.45) is 6.80. The van der Waals surface area contributed by atoms with E-state index >= 15 is 0 Å². The molecule has 1 unspecified atom stereocenters. The zero-order valence-corrected chi connectivity index (χ0v) is 25.1. The van der Waals surface area contributed by atoms with Crippen LogP contribution in [0.4, 0.5) is 15.3 Å². The molecule has 4 aliphatic heterocycles. The van der Waals surface area contributed by atoms with Crippen LogP contribution in [0.1, 0.15) is 18.4 Å². The van der Waals surface area contributed by atoms with Crippen molar-refractivity contribution in [3.63, 3.8) is 0 Å². The van der Waals surface area contributed by atoms with Crippen molar-refractivity contribution in [1.29, 1.82) is 0 Å². The molecule has 4 aliphatic rings. The van der Waals surface area contributed by atoms with Crippen LogP contribution in [0.2, 0.25) is 0 Å². The molecular weight excluding hydrogens is 560 g/mol. The van der Waals surface area contributed by atoms with Gasteiger partial charge in [0.2, 0.25) is 0 Å². The van der Waals surface area contributed by atoms with Crippen molar-refractivity contribution < 1.29 is 24.0 Å². The number of benzene rings is 2. The van der Waals surface area contributed by atoms with Crippen molar-refractivity contribution in [3.05, 3.63) is 60.2 Å². The summed E-state index contributed by atoms with van der Waals surface area (Å²) in [6.45, 7) is 7.87. The van der Waals surface area contributed by atoms with Gasteiger partial charge in [-0.3, -0.25) is 14.6 Å². The van der Waals surface area contributed by atoms with Crippen LogP contribution < -0.4 is 9.64 Å². The molecule has 1 atom stereocenters. The van der Waals surface area contributed by atoms with Crippen LogP contribution in [0.5, 0.6) is 5.75 Å². The topological polar surface area (TPSA) is 89.1 Å². The lowest BCUT2D eigenvalue weighted by molar-refractivity contribution is -0.152. The molecule has 2 aromatic rings. The number of amides is 4. The molecule has 0 saturated carbocycles.